The topological polar surface area (TPSA) is 42.1 Å². The molecule has 1 aromatic rings. The molecule has 1 fully saturated rings. The van der Waals surface area contributed by atoms with Crippen LogP contribution in [0, 0.1) is 11.3 Å². The zero-order valence-corrected chi connectivity index (χ0v) is 11.1. The Morgan fingerprint density at radius 2 is 1.88 bits per heavy atom. The van der Waals surface area contributed by atoms with Crippen LogP contribution in [-0.4, -0.2) is 18.1 Å². The summed E-state index contributed by atoms with van der Waals surface area (Å²) in [5.41, 5.74) is 6.82. The van der Waals surface area contributed by atoms with E-state index in [-0.39, 0.29) is 0 Å². The molecule has 3 heteroatoms. The molecule has 1 saturated heterocycles. The summed E-state index contributed by atoms with van der Waals surface area (Å²) in [5, 5.41) is 0. The van der Waals surface area contributed by atoms with Crippen molar-refractivity contribution in [3.05, 3.63) is 18.3 Å². The van der Waals surface area contributed by atoms with Gasteiger partial charge in [0.15, 0.2) is 0 Å². The van der Waals surface area contributed by atoms with Gasteiger partial charge in [-0.15, -0.1) is 0 Å². The van der Waals surface area contributed by atoms with Crippen LogP contribution in [0.1, 0.15) is 33.6 Å². The van der Waals surface area contributed by atoms with Gasteiger partial charge in [0, 0.05) is 13.1 Å². The van der Waals surface area contributed by atoms with Crippen LogP contribution in [0.2, 0.25) is 0 Å². The molecule has 2 N–H and O–H groups in total. The molecule has 2 rings (SSSR count). The monoisotopic (exact) mass is 233 g/mol. The molecule has 17 heavy (non-hydrogen) atoms. The van der Waals surface area contributed by atoms with E-state index in [1.165, 1.54) is 12.8 Å². The maximum atomic E-state index is 5.65. The fourth-order valence-electron chi connectivity index (χ4n) is 2.56. The fourth-order valence-corrected chi connectivity index (χ4v) is 2.56. The average Bonchev–Trinajstić information content (AvgIpc) is 2.29. The van der Waals surface area contributed by atoms with E-state index < -0.39 is 0 Å². The van der Waals surface area contributed by atoms with Gasteiger partial charge in [0.2, 0.25) is 0 Å². The van der Waals surface area contributed by atoms with Crippen molar-refractivity contribution in [1.29, 1.82) is 0 Å². The van der Waals surface area contributed by atoms with Gasteiger partial charge in [-0.05, 0) is 36.3 Å². The van der Waals surface area contributed by atoms with Crippen LogP contribution in [0.5, 0.6) is 0 Å². The molecular weight excluding hydrogens is 210 g/mol. The average molecular weight is 233 g/mol. The summed E-state index contributed by atoms with van der Waals surface area (Å²) in [4.78, 5) is 6.75. The summed E-state index contributed by atoms with van der Waals surface area (Å²) >= 11 is 0. The van der Waals surface area contributed by atoms with Crippen molar-refractivity contribution in [2.45, 2.75) is 33.6 Å². The molecule has 0 spiro atoms. The zero-order chi connectivity index (χ0) is 12.5. The maximum absolute atomic E-state index is 5.65. The SMILES string of the molecule is CC(C)(C)C1CCN(c2ccc(N)cn2)CC1. The van der Waals surface area contributed by atoms with Gasteiger partial charge in [0.25, 0.3) is 0 Å². The lowest BCUT2D eigenvalue weighted by atomic mass is 9.75. The molecule has 0 unspecified atom stereocenters. The second-order valence-electron chi connectivity index (χ2n) is 6.08. The van der Waals surface area contributed by atoms with Gasteiger partial charge in [-0.1, -0.05) is 20.8 Å². The Morgan fingerprint density at radius 1 is 1.24 bits per heavy atom. The number of hydrogen-bond donors (Lipinski definition) is 1. The summed E-state index contributed by atoms with van der Waals surface area (Å²) in [5.74, 6) is 1.89. The summed E-state index contributed by atoms with van der Waals surface area (Å²) in [6.45, 7) is 9.25. The smallest absolute Gasteiger partial charge is 0.128 e. The van der Waals surface area contributed by atoms with E-state index in [9.17, 15) is 0 Å². The highest BCUT2D eigenvalue weighted by molar-refractivity contribution is 5.45. The highest BCUT2D eigenvalue weighted by Gasteiger charge is 2.28. The Kier molecular flexibility index (Phi) is 3.27. The van der Waals surface area contributed by atoms with Crippen LogP contribution in [0.25, 0.3) is 0 Å². The second-order valence-corrected chi connectivity index (χ2v) is 6.08. The molecule has 0 radical (unpaired) electrons. The summed E-state index contributed by atoms with van der Waals surface area (Å²) < 4.78 is 0. The quantitative estimate of drug-likeness (QED) is 0.811. The number of nitrogens with zero attached hydrogens (tertiary/aromatic N) is 2. The summed E-state index contributed by atoms with van der Waals surface area (Å²) in [6, 6.07) is 3.95. The molecule has 1 aromatic heterocycles. The molecule has 0 atom stereocenters. The van der Waals surface area contributed by atoms with E-state index in [0.717, 1.165) is 30.5 Å². The van der Waals surface area contributed by atoms with Crippen molar-refractivity contribution in [3.8, 4) is 0 Å². The minimum absolute atomic E-state index is 0.431. The van der Waals surface area contributed by atoms with Crippen LogP contribution in [0.3, 0.4) is 0 Å². The third-order valence-electron chi connectivity index (χ3n) is 3.81. The van der Waals surface area contributed by atoms with Gasteiger partial charge in [0.05, 0.1) is 11.9 Å². The van der Waals surface area contributed by atoms with Gasteiger partial charge in [-0.3, -0.25) is 0 Å². The van der Waals surface area contributed by atoms with E-state index in [0.29, 0.717) is 5.41 Å². The van der Waals surface area contributed by atoms with Crippen molar-refractivity contribution >= 4 is 11.5 Å². The summed E-state index contributed by atoms with van der Waals surface area (Å²) in [6.07, 6.45) is 4.26. The Morgan fingerprint density at radius 3 is 2.35 bits per heavy atom. The number of hydrogen-bond acceptors (Lipinski definition) is 3. The molecule has 1 aliphatic heterocycles. The number of piperidine rings is 1. The lowest BCUT2D eigenvalue weighted by Crippen LogP contribution is -2.38. The largest absolute Gasteiger partial charge is 0.397 e. The zero-order valence-electron chi connectivity index (χ0n) is 11.1. The van der Waals surface area contributed by atoms with E-state index in [1.54, 1.807) is 6.20 Å². The number of aromatic nitrogens is 1. The predicted molar refractivity (Wildman–Crippen MR) is 73.0 cm³/mol. The fraction of sp³-hybridized carbons (Fsp3) is 0.643. The third-order valence-corrected chi connectivity index (χ3v) is 3.81. The van der Waals surface area contributed by atoms with Crippen molar-refractivity contribution in [3.63, 3.8) is 0 Å². The standard InChI is InChI=1S/C14H23N3/c1-14(2,3)11-6-8-17(9-7-11)13-5-4-12(15)10-16-13/h4-5,10-11H,6-9,15H2,1-3H3. The van der Waals surface area contributed by atoms with E-state index in [1.807, 2.05) is 12.1 Å². The number of anilines is 2. The first kappa shape index (κ1) is 12.2. The van der Waals surface area contributed by atoms with Gasteiger partial charge < -0.3 is 10.6 Å². The van der Waals surface area contributed by atoms with Crippen molar-refractivity contribution in [1.82, 2.24) is 4.98 Å². The normalized spacial score (nSPS) is 18.4. The molecule has 1 aliphatic rings. The molecule has 0 aromatic carbocycles. The third kappa shape index (κ3) is 2.90. The second kappa shape index (κ2) is 4.55. The van der Waals surface area contributed by atoms with Crippen molar-refractivity contribution < 1.29 is 0 Å². The first-order valence-electron chi connectivity index (χ1n) is 6.43. The Hall–Kier alpha value is -1.25. The van der Waals surface area contributed by atoms with Crippen LogP contribution in [0.15, 0.2) is 18.3 Å². The van der Waals surface area contributed by atoms with Gasteiger partial charge in [-0.25, -0.2) is 4.98 Å². The molecule has 0 aliphatic carbocycles. The lowest BCUT2D eigenvalue weighted by molar-refractivity contribution is 0.198. The Bertz CT molecular complexity index is 356. The van der Waals surface area contributed by atoms with Gasteiger partial charge in [-0.2, -0.15) is 0 Å². The van der Waals surface area contributed by atoms with Crippen molar-refractivity contribution in [2.75, 3.05) is 23.7 Å². The molecule has 2 heterocycles. The number of rotatable bonds is 1. The first-order chi connectivity index (χ1) is 7.97. The Labute approximate surface area is 104 Å². The Balaban J connectivity index is 1.97. The molecule has 0 amide bonds. The van der Waals surface area contributed by atoms with Crippen LogP contribution >= 0.6 is 0 Å². The van der Waals surface area contributed by atoms with E-state index >= 15 is 0 Å². The molecule has 0 bridgehead atoms. The summed E-state index contributed by atoms with van der Waals surface area (Å²) in [7, 11) is 0. The van der Waals surface area contributed by atoms with Crippen LogP contribution in [-0.2, 0) is 0 Å². The number of pyridine rings is 1. The minimum atomic E-state index is 0.431. The minimum Gasteiger partial charge on any atom is -0.397 e. The molecule has 3 nitrogen and oxygen atoms in total. The van der Waals surface area contributed by atoms with Gasteiger partial charge in [0.1, 0.15) is 5.82 Å². The molecular formula is C14H23N3. The predicted octanol–water partition coefficient (Wildman–Crippen LogP) is 2.93. The van der Waals surface area contributed by atoms with Gasteiger partial charge >= 0.3 is 0 Å². The van der Waals surface area contributed by atoms with Crippen molar-refractivity contribution in [2.24, 2.45) is 11.3 Å². The lowest BCUT2D eigenvalue weighted by Gasteiger charge is -2.39. The highest BCUT2D eigenvalue weighted by atomic mass is 15.2. The van der Waals surface area contributed by atoms with E-state index in [4.69, 9.17) is 5.73 Å². The molecule has 94 valence electrons. The van der Waals surface area contributed by atoms with Crippen LogP contribution in [0.4, 0.5) is 11.5 Å². The highest BCUT2D eigenvalue weighted by Crippen LogP contribution is 2.35. The first-order valence-corrected chi connectivity index (χ1v) is 6.43. The number of nitrogens with two attached hydrogens (primary N) is 1. The maximum Gasteiger partial charge on any atom is 0.128 e. The number of nitrogen functional groups attached to an aromatic ring is 1. The van der Waals surface area contributed by atoms with E-state index in [2.05, 4.69) is 30.7 Å². The van der Waals surface area contributed by atoms with Crippen LogP contribution < -0.4 is 10.6 Å². The molecule has 0 saturated carbocycles.